The summed E-state index contributed by atoms with van der Waals surface area (Å²) < 4.78 is 0. The summed E-state index contributed by atoms with van der Waals surface area (Å²) in [6.45, 7) is 0. The second-order valence-corrected chi connectivity index (χ2v) is 1.61. The minimum atomic E-state index is -0.442. The Morgan fingerprint density at radius 2 is 2.30 bits per heavy atom. The summed E-state index contributed by atoms with van der Waals surface area (Å²) in [4.78, 5) is 14.1. The molecule has 0 aliphatic heterocycles. The maximum atomic E-state index is 10.4. The van der Waals surface area contributed by atoms with Gasteiger partial charge in [-0.25, -0.2) is 0 Å². The molecule has 0 aliphatic rings. The number of amides is 1. The third-order valence-electron chi connectivity index (χ3n) is 0.946. The molecule has 0 aliphatic carbocycles. The van der Waals surface area contributed by atoms with Gasteiger partial charge in [-0.2, -0.15) is 0 Å². The topological polar surface area (TPSA) is 56.0 Å². The molecule has 52 valence electrons. The Bertz CT molecular complexity index is 212. The molecule has 0 saturated heterocycles. The summed E-state index contributed by atoms with van der Waals surface area (Å²) in [5, 5.41) is 0. The van der Waals surface area contributed by atoms with Gasteiger partial charge in [-0.3, -0.25) is 9.78 Å². The predicted octanol–water partition coefficient (Wildman–Crippen LogP) is 0.178. The van der Waals surface area contributed by atoms with Crippen molar-refractivity contribution in [1.29, 1.82) is 0 Å². The third-order valence-corrected chi connectivity index (χ3v) is 0.946. The standard InChI is InChI=1S/C6H6N2O.Fe/c7-6(9)5-2-1-3-8-4-5;/h1-4H,(H2,7,9);/q;+2. The second kappa shape index (κ2) is 4.04. The number of hydrogen-bond donors (Lipinski definition) is 1. The van der Waals surface area contributed by atoms with Crippen molar-refractivity contribution in [3.63, 3.8) is 0 Å². The molecule has 1 rings (SSSR count). The molecule has 0 fully saturated rings. The molecule has 0 bridgehead atoms. The van der Waals surface area contributed by atoms with Crippen molar-refractivity contribution in [2.75, 3.05) is 0 Å². The first-order valence-electron chi connectivity index (χ1n) is 2.50. The van der Waals surface area contributed by atoms with Crippen LogP contribution in [0.4, 0.5) is 0 Å². The van der Waals surface area contributed by atoms with Crippen LogP contribution >= 0.6 is 0 Å². The Morgan fingerprint density at radius 1 is 1.60 bits per heavy atom. The minimum absolute atomic E-state index is 0. The van der Waals surface area contributed by atoms with Crippen LogP contribution in [0.1, 0.15) is 10.4 Å². The van der Waals surface area contributed by atoms with E-state index in [1.54, 1.807) is 18.3 Å². The molecule has 0 saturated carbocycles. The number of pyridine rings is 1. The number of rotatable bonds is 1. The fraction of sp³-hybridized carbons (Fsp3) is 0. The SMILES string of the molecule is NC(=O)c1cccnc1.[Fe+2]. The number of carbonyl (C=O) groups excluding carboxylic acids is 1. The Labute approximate surface area is 69.1 Å². The van der Waals surface area contributed by atoms with Crippen LogP contribution in [0.3, 0.4) is 0 Å². The van der Waals surface area contributed by atoms with E-state index in [2.05, 4.69) is 4.98 Å². The molecule has 0 unspecified atom stereocenters. The first-order valence-corrected chi connectivity index (χ1v) is 2.50. The molecule has 1 aromatic heterocycles. The zero-order chi connectivity index (χ0) is 6.69. The fourth-order valence-electron chi connectivity index (χ4n) is 0.509. The zero-order valence-corrected chi connectivity index (χ0v) is 6.20. The molecule has 2 N–H and O–H groups in total. The van der Waals surface area contributed by atoms with E-state index in [1.165, 1.54) is 6.20 Å². The van der Waals surface area contributed by atoms with E-state index >= 15 is 0 Å². The number of hydrogen-bond acceptors (Lipinski definition) is 2. The van der Waals surface area contributed by atoms with Crippen molar-refractivity contribution in [3.8, 4) is 0 Å². The van der Waals surface area contributed by atoms with Gasteiger partial charge in [0.1, 0.15) is 0 Å². The van der Waals surface area contributed by atoms with E-state index in [4.69, 9.17) is 5.73 Å². The molecule has 1 heterocycles. The number of nitrogens with two attached hydrogens (primary N) is 1. The Hall–Kier alpha value is -0.861. The average molecular weight is 178 g/mol. The van der Waals surface area contributed by atoms with E-state index < -0.39 is 5.91 Å². The summed E-state index contributed by atoms with van der Waals surface area (Å²) in [6, 6.07) is 3.29. The van der Waals surface area contributed by atoms with Gasteiger partial charge in [-0.1, -0.05) is 0 Å². The van der Waals surface area contributed by atoms with Gasteiger partial charge in [-0.05, 0) is 12.1 Å². The fourth-order valence-corrected chi connectivity index (χ4v) is 0.509. The number of primary amides is 1. The van der Waals surface area contributed by atoms with Crippen LogP contribution in [0.25, 0.3) is 0 Å². The quantitative estimate of drug-likeness (QED) is 0.623. The molecule has 3 nitrogen and oxygen atoms in total. The van der Waals surface area contributed by atoms with Crippen LogP contribution in [0.5, 0.6) is 0 Å². The molecule has 0 radical (unpaired) electrons. The molecule has 0 atom stereocenters. The molecule has 1 aromatic rings. The van der Waals surface area contributed by atoms with Crippen LogP contribution in [-0.2, 0) is 17.1 Å². The smallest absolute Gasteiger partial charge is 0.366 e. The summed E-state index contributed by atoms with van der Waals surface area (Å²) in [6.07, 6.45) is 3.02. The monoisotopic (exact) mass is 178 g/mol. The van der Waals surface area contributed by atoms with Crippen LogP contribution in [0.2, 0.25) is 0 Å². The van der Waals surface area contributed by atoms with Gasteiger partial charge in [0.05, 0.1) is 5.56 Å². The number of carbonyl (C=O) groups is 1. The van der Waals surface area contributed by atoms with Gasteiger partial charge in [0.2, 0.25) is 5.91 Å². The summed E-state index contributed by atoms with van der Waals surface area (Å²) in [5.74, 6) is -0.442. The first kappa shape index (κ1) is 9.14. The van der Waals surface area contributed by atoms with E-state index in [0.717, 1.165) is 0 Å². The molecule has 0 aromatic carbocycles. The summed E-state index contributed by atoms with van der Waals surface area (Å²) in [5.41, 5.74) is 5.38. The van der Waals surface area contributed by atoms with Gasteiger partial charge in [0.15, 0.2) is 0 Å². The predicted molar refractivity (Wildman–Crippen MR) is 32.8 cm³/mol. The second-order valence-electron chi connectivity index (χ2n) is 1.61. The molecule has 4 heteroatoms. The molecular weight excluding hydrogens is 172 g/mol. The molecule has 10 heavy (non-hydrogen) atoms. The number of aromatic nitrogens is 1. The van der Waals surface area contributed by atoms with Crippen LogP contribution in [0.15, 0.2) is 24.5 Å². The summed E-state index contributed by atoms with van der Waals surface area (Å²) >= 11 is 0. The van der Waals surface area contributed by atoms with Crippen molar-refractivity contribution in [1.82, 2.24) is 4.98 Å². The van der Waals surface area contributed by atoms with Crippen molar-refractivity contribution >= 4 is 5.91 Å². The van der Waals surface area contributed by atoms with E-state index in [0.29, 0.717) is 5.56 Å². The van der Waals surface area contributed by atoms with Crippen LogP contribution in [0, 0.1) is 0 Å². The van der Waals surface area contributed by atoms with Crippen molar-refractivity contribution < 1.29 is 21.9 Å². The molecule has 0 spiro atoms. The number of nitrogens with zero attached hydrogens (tertiary/aromatic N) is 1. The van der Waals surface area contributed by atoms with Crippen molar-refractivity contribution in [2.45, 2.75) is 0 Å². The Kier molecular flexibility index (Phi) is 3.69. The molecule has 1 amide bonds. The van der Waals surface area contributed by atoms with E-state index in [1.807, 2.05) is 0 Å². The normalized spacial score (nSPS) is 8.00. The zero-order valence-electron chi connectivity index (χ0n) is 5.10. The third kappa shape index (κ3) is 2.17. The first-order chi connectivity index (χ1) is 4.30. The average Bonchev–Trinajstić information content (AvgIpc) is 1.90. The van der Waals surface area contributed by atoms with Gasteiger partial charge < -0.3 is 5.73 Å². The minimum Gasteiger partial charge on any atom is -0.366 e. The maximum Gasteiger partial charge on any atom is 2.00 e. The van der Waals surface area contributed by atoms with Crippen molar-refractivity contribution in [2.24, 2.45) is 5.73 Å². The van der Waals surface area contributed by atoms with Crippen LogP contribution in [-0.4, -0.2) is 10.9 Å². The van der Waals surface area contributed by atoms with Crippen LogP contribution < -0.4 is 5.73 Å². The Balaban J connectivity index is 0.000000810. The molecular formula is C6H6FeN2O+2. The Morgan fingerprint density at radius 3 is 2.60 bits per heavy atom. The van der Waals surface area contributed by atoms with Gasteiger partial charge >= 0.3 is 17.1 Å². The van der Waals surface area contributed by atoms with Crippen molar-refractivity contribution in [3.05, 3.63) is 30.1 Å². The van der Waals surface area contributed by atoms with Gasteiger partial charge in [0, 0.05) is 12.4 Å². The van der Waals surface area contributed by atoms with Gasteiger partial charge in [-0.15, -0.1) is 0 Å². The van der Waals surface area contributed by atoms with E-state index in [-0.39, 0.29) is 17.1 Å². The largest absolute Gasteiger partial charge is 2.00 e. The summed E-state index contributed by atoms with van der Waals surface area (Å²) in [7, 11) is 0. The van der Waals surface area contributed by atoms with Gasteiger partial charge in [0.25, 0.3) is 0 Å². The van der Waals surface area contributed by atoms with E-state index in [9.17, 15) is 4.79 Å². The maximum absolute atomic E-state index is 10.4.